The van der Waals surface area contributed by atoms with Gasteiger partial charge in [-0.3, -0.25) is 0 Å². The van der Waals surface area contributed by atoms with Crippen LogP contribution in [0.2, 0.25) is 0 Å². The summed E-state index contributed by atoms with van der Waals surface area (Å²) < 4.78 is 10.1. The first-order valence-electron chi connectivity index (χ1n) is 3.08. The molecule has 1 aliphatic heterocycles. The van der Waals surface area contributed by atoms with Crippen molar-refractivity contribution in [3.63, 3.8) is 0 Å². The molecular weight excluding hydrogens is 128 g/mol. The molecular formula is C8H10O2. The van der Waals surface area contributed by atoms with Crippen LogP contribution in [0.25, 0.3) is 0 Å². The van der Waals surface area contributed by atoms with Crippen LogP contribution in [0.1, 0.15) is 13.8 Å². The molecule has 1 rings (SSSR count). The fraction of sp³-hybridized carbons (Fsp3) is 0.250. The molecule has 0 aromatic heterocycles. The SMILES string of the molecule is C=C1OC(C)=CC=C(C)O1. The van der Waals surface area contributed by atoms with Crippen molar-refractivity contribution in [3.8, 4) is 0 Å². The molecule has 0 aromatic carbocycles. The van der Waals surface area contributed by atoms with E-state index in [9.17, 15) is 0 Å². The fourth-order valence-corrected chi connectivity index (χ4v) is 0.683. The van der Waals surface area contributed by atoms with Crippen molar-refractivity contribution in [2.75, 3.05) is 0 Å². The standard InChI is InChI=1S/C8H10O2/c1-6-4-5-7(2)10-8(3)9-6/h4-5H,3H2,1-2H3. The van der Waals surface area contributed by atoms with Crippen molar-refractivity contribution in [1.29, 1.82) is 0 Å². The highest BCUT2D eigenvalue weighted by Crippen LogP contribution is 2.14. The third-order valence-electron chi connectivity index (χ3n) is 1.10. The molecule has 54 valence electrons. The van der Waals surface area contributed by atoms with Gasteiger partial charge in [-0.05, 0) is 32.6 Å². The Kier molecular flexibility index (Phi) is 1.81. The lowest BCUT2D eigenvalue weighted by molar-refractivity contribution is 0.120. The van der Waals surface area contributed by atoms with Crippen molar-refractivity contribution in [2.45, 2.75) is 13.8 Å². The molecule has 0 saturated carbocycles. The first-order valence-corrected chi connectivity index (χ1v) is 3.08. The minimum atomic E-state index is 0.333. The van der Waals surface area contributed by atoms with Gasteiger partial charge in [0.25, 0.3) is 5.95 Å². The first-order chi connectivity index (χ1) is 4.68. The van der Waals surface area contributed by atoms with Crippen LogP contribution in [0, 0.1) is 0 Å². The summed E-state index contributed by atoms with van der Waals surface area (Å²) in [5.41, 5.74) is 0. The molecule has 0 saturated heterocycles. The van der Waals surface area contributed by atoms with Crippen LogP contribution >= 0.6 is 0 Å². The zero-order valence-corrected chi connectivity index (χ0v) is 6.18. The molecule has 1 aliphatic rings. The summed E-state index contributed by atoms with van der Waals surface area (Å²) in [6.07, 6.45) is 3.68. The lowest BCUT2D eigenvalue weighted by atomic mass is 10.4. The van der Waals surface area contributed by atoms with E-state index in [1.807, 2.05) is 26.0 Å². The molecule has 0 fully saturated rings. The molecule has 2 heteroatoms. The van der Waals surface area contributed by atoms with Gasteiger partial charge >= 0.3 is 0 Å². The predicted molar refractivity (Wildman–Crippen MR) is 38.8 cm³/mol. The molecule has 0 radical (unpaired) electrons. The summed E-state index contributed by atoms with van der Waals surface area (Å²) in [5, 5.41) is 0. The third kappa shape index (κ3) is 1.65. The molecule has 1 heterocycles. The largest absolute Gasteiger partial charge is 0.431 e. The van der Waals surface area contributed by atoms with E-state index in [1.165, 1.54) is 0 Å². The second kappa shape index (κ2) is 2.60. The highest BCUT2D eigenvalue weighted by molar-refractivity contribution is 5.12. The minimum absolute atomic E-state index is 0.333. The van der Waals surface area contributed by atoms with E-state index >= 15 is 0 Å². The minimum Gasteiger partial charge on any atom is -0.431 e. The van der Waals surface area contributed by atoms with Gasteiger partial charge < -0.3 is 9.47 Å². The average molecular weight is 138 g/mol. The molecule has 0 bridgehead atoms. The Morgan fingerprint density at radius 3 is 1.90 bits per heavy atom. The van der Waals surface area contributed by atoms with E-state index in [1.54, 1.807) is 0 Å². The number of rotatable bonds is 0. The second-order valence-corrected chi connectivity index (χ2v) is 2.13. The van der Waals surface area contributed by atoms with Gasteiger partial charge in [-0.2, -0.15) is 0 Å². The Hall–Kier alpha value is -1.18. The number of allylic oxidation sites excluding steroid dienone is 4. The van der Waals surface area contributed by atoms with E-state index in [-0.39, 0.29) is 0 Å². The summed E-state index contributed by atoms with van der Waals surface area (Å²) in [7, 11) is 0. The van der Waals surface area contributed by atoms with Crippen molar-refractivity contribution in [1.82, 2.24) is 0 Å². The maximum absolute atomic E-state index is 5.07. The van der Waals surface area contributed by atoms with Crippen LogP contribution in [0.15, 0.2) is 36.2 Å². The molecule has 0 aliphatic carbocycles. The summed E-state index contributed by atoms with van der Waals surface area (Å²) in [5.74, 6) is 1.92. The van der Waals surface area contributed by atoms with Crippen LogP contribution < -0.4 is 0 Å². The van der Waals surface area contributed by atoms with E-state index in [0.29, 0.717) is 5.95 Å². The molecule has 0 aromatic rings. The van der Waals surface area contributed by atoms with Gasteiger partial charge in [-0.15, -0.1) is 0 Å². The van der Waals surface area contributed by atoms with Gasteiger partial charge in [0.15, 0.2) is 0 Å². The second-order valence-electron chi connectivity index (χ2n) is 2.13. The molecule has 10 heavy (non-hydrogen) atoms. The number of ether oxygens (including phenoxy) is 2. The zero-order chi connectivity index (χ0) is 7.56. The normalized spacial score (nSPS) is 18.0. The van der Waals surface area contributed by atoms with E-state index < -0.39 is 0 Å². The van der Waals surface area contributed by atoms with Crippen molar-refractivity contribution in [2.24, 2.45) is 0 Å². The van der Waals surface area contributed by atoms with Crippen molar-refractivity contribution < 1.29 is 9.47 Å². The number of hydrogen-bond acceptors (Lipinski definition) is 2. The Labute approximate surface area is 60.4 Å². The molecule has 0 unspecified atom stereocenters. The molecule has 0 spiro atoms. The molecule has 0 atom stereocenters. The summed E-state index contributed by atoms with van der Waals surface area (Å²) in [6.45, 7) is 7.25. The molecule has 0 amide bonds. The molecule has 2 nitrogen and oxygen atoms in total. The average Bonchev–Trinajstić information content (AvgIpc) is 1.93. The van der Waals surface area contributed by atoms with Gasteiger partial charge in [0, 0.05) is 0 Å². The highest BCUT2D eigenvalue weighted by Gasteiger charge is 2.01. The summed E-state index contributed by atoms with van der Waals surface area (Å²) >= 11 is 0. The van der Waals surface area contributed by atoms with Crippen LogP contribution in [-0.2, 0) is 9.47 Å². The molecule has 0 N–H and O–H groups in total. The maximum Gasteiger partial charge on any atom is 0.281 e. The highest BCUT2D eigenvalue weighted by atomic mass is 16.7. The van der Waals surface area contributed by atoms with Crippen LogP contribution in [0.3, 0.4) is 0 Å². The smallest absolute Gasteiger partial charge is 0.281 e. The Bertz CT molecular complexity index is 189. The quantitative estimate of drug-likeness (QED) is 0.511. The van der Waals surface area contributed by atoms with Crippen LogP contribution in [0.4, 0.5) is 0 Å². The van der Waals surface area contributed by atoms with Gasteiger partial charge in [-0.1, -0.05) is 0 Å². The fourth-order valence-electron chi connectivity index (χ4n) is 0.683. The van der Waals surface area contributed by atoms with Gasteiger partial charge in [0.05, 0.1) is 0 Å². The van der Waals surface area contributed by atoms with Crippen LogP contribution in [-0.4, -0.2) is 0 Å². The van der Waals surface area contributed by atoms with Crippen molar-refractivity contribution in [3.05, 3.63) is 36.2 Å². The first kappa shape index (κ1) is 6.93. The third-order valence-corrected chi connectivity index (χ3v) is 1.10. The monoisotopic (exact) mass is 138 g/mol. The predicted octanol–water partition coefficient (Wildman–Crippen LogP) is 2.31. The van der Waals surface area contributed by atoms with Gasteiger partial charge in [-0.25, -0.2) is 0 Å². The van der Waals surface area contributed by atoms with Gasteiger partial charge in [0.2, 0.25) is 0 Å². The summed E-state index contributed by atoms with van der Waals surface area (Å²) in [6, 6.07) is 0. The van der Waals surface area contributed by atoms with Crippen LogP contribution in [0.5, 0.6) is 0 Å². The van der Waals surface area contributed by atoms with Gasteiger partial charge in [0.1, 0.15) is 11.5 Å². The lowest BCUT2D eigenvalue weighted by Gasteiger charge is -2.05. The Morgan fingerprint density at radius 1 is 1.10 bits per heavy atom. The van der Waals surface area contributed by atoms with E-state index in [0.717, 1.165) is 11.5 Å². The van der Waals surface area contributed by atoms with E-state index in [4.69, 9.17) is 9.47 Å². The Morgan fingerprint density at radius 2 is 1.50 bits per heavy atom. The van der Waals surface area contributed by atoms with E-state index in [2.05, 4.69) is 6.58 Å². The maximum atomic E-state index is 5.07. The zero-order valence-electron chi connectivity index (χ0n) is 6.18. The number of hydrogen-bond donors (Lipinski definition) is 0. The topological polar surface area (TPSA) is 18.5 Å². The summed E-state index contributed by atoms with van der Waals surface area (Å²) in [4.78, 5) is 0. The Balaban J connectivity index is 2.79. The lowest BCUT2D eigenvalue weighted by Crippen LogP contribution is -1.89. The van der Waals surface area contributed by atoms with Crippen molar-refractivity contribution >= 4 is 0 Å².